The van der Waals surface area contributed by atoms with Gasteiger partial charge in [-0.1, -0.05) is 11.6 Å². The zero-order valence-corrected chi connectivity index (χ0v) is 20.1. The van der Waals surface area contributed by atoms with Crippen LogP contribution in [0.3, 0.4) is 0 Å². The third-order valence-corrected chi connectivity index (χ3v) is 4.67. The summed E-state index contributed by atoms with van der Waals surface area (Å²) in [6.07, 6.45) is 0.0176. The molecule has 0 bridgehead atoms. The third-order valence-electron chi connectivity index (χ3n) is 4.38. The van der Waals surface area contributed by atoms with Crippen LogP contribution in [0.4, 0.5) is 16.2 Å². The molecule has 1 aromatic heterocycles. The minimum atomic E-state index is -1.14. The molecule has 1 aromatic carbocycles. The molecule has 0 spiro atoms. The topological polar surface area (TPSA) is 176 Å². The molecule has 2 amide bonds. The van der Waals surface area contributed by atoms with Gasteiger partial charge in [0.2, 0.25) is 0 Å². The van der Waals surface area contributed by atoms with E-state index in [1.165, 1.54) is 30.3 Å². The zero-order chi connectivity index (χ0) is 26.7. The Labute approximate surface area is 210 Å². The summed E-state index contributed by atoms with van der Waals surface area (Å²) >= 11 is 6.14. The fourth-order valence-electron chi connectivity index (χ4n) is 2.77. The molecule has 0 aliphatic heterocycles. The molecule has 13 nitrogen and oxygen atoms in total. The maximum Gasteiger partial charge on any atom is 0.417 e. The number of carbonyl (C=O) groups is 4. The number of hydrogen-bond acceptors (Lipinski definition) is 10. The monoisotopic (exact) mass is 522 g/mol. The number of nitrogens with one attached hydrogen (secondary N) is 2. The lowest BCUT2D eigenvalue weighted by Gasteiger charge is -2.17. The third kappa shape index (κ3) is 8.51. The van der Waals surface area contributed by atoms with Crippen LogP contribution in [-0.2, 0) is 19.1 Å². The van der Waals surface area contributed by atoms with E-state index in [0.717, 1.165) is 6.20 Å². The van der Waals surface area contributed by atoms with E-state index in [1.807, 2.05) is 0 Å². The number of esters is 2. The van der Waals surface area contributed by atoms with E-state index in [2.05, 4.69) is 15.6 Å². The van der Waals surface area contributed by atoms with Gasteiger partial charge in [0.25, 0.3) is 11.6 Å². The second-order valence-corrected chi connectivity index (χ2v) is 7.35. The van der Waals surface area contributed by atoms with E-state index >= 15 is 0 Å². The number of ether oxygens (including phenoxy) is 3. The number of benzene rings is 1. The van der Waals surface area contributed by atoms with Crippen molar-refractivity contribution in [1.29, 1.82) is 0 Å². The first-order chi connectivity index (χ1) is 17.1. The number of halogens is 1. The number of nitro groups is 1. The normalized spacial score (nSPS) is 11.1. The number of anilines is 1. The van der Waals surface area contributed by atoms with Crippen LogP contribution in [-0.4, -0.2) is 53.1 Å². The molecular formula is C22H23ClN4O9. The summed E-state index contributed by atoms with van der Waals surface area (Å²) in [6.45, 7) is 3.49. The number of amides is 2. The van der Waals surface area contributed by atoms with Crippen LogP contribution < -0.4 is 15.4 Å². The highest BCUT2D eigenvalue weighted by atomic mass is 35.5. The molecule has 0 fully saturated rings. The molecule has 36 heavy (non-hydrogen) atoms. The Hall–Kier alpha value is -4.26. The highest BCUT2D eigenvalue weighted by Crippen LogP contribution is 2.21. The predicted molar refractivity (Wildman–Crippen MR) is 126 cm³/mol. The van der Waals surface area contributed by atoms with E-state index in [0.29, 0.717) is 0 Å². The predicted octanol–water partition coefficient (Wildman–Crippen LogP) is 3.26. The number of aromatic nitrogens is 1. The highest BCUT2D eigenvalue weighted by molar-refractivity contribution is 6.33. The Morgan fingerprint density at radius 3 is 2.36 bits per heavy atom. The van der Waals surface area contributed by atoms with Crippen molar-refractivity contribution in [1.82, 2.24) is 10.3 Å². The molecule has 2 aromatic rings. The molecule has 0 aliphatic rings. The number of nitro benzene ring substituents is 1. The molecule has 0 radical (unpaired) electrons. The van der Waals surface area contributed by atoms with Gasteiger partial charge >= 0.3 is 18.0 Å². The Kier molecular flexibility index (Phi) is 10.6. The van der Waals surface area contributed by atoms with Gasteiger partial charge in [-0.25, -0.2) is 14.6 Å². The highest BCUT2D eigenvalue weighted by Gasteiger charge is 2.25. The van der Waals surface area contributed by atoms with E-state index in [4.69, 9.17) is 25.8 Å². The van der Waals surface area contributed by atoms with Crippen LogP contribution in [0.15, 0.2) is 36.5 Å². The standard InChI is InChI=1S/C22H23ClN4O9/c1-3-34-18(28)10-9-17(21(30)35-4-2)26-20(29)19-16(23)11-13(12-24-19)25-22(31)36-15-7-5-14(6-8-15)27(32)33/h5-8,11-12,17H,3-4,9-10H2,1-2H3,(H,25,31)(H,26,29)/t17-/m0/s1. The lowest BCUT2D eigenvalue weighted by molar-refractivity contribution is -0.384. The van der Waals surface area contributed by atoms with Crippen LogP contribution in [0.1, 0.15) is 37.2 Å². The molecule has 2 rings (SSSR count). The van der Waals surface area contributed by atoms with E-state index in [9.17, 15) is 29.3 Å². The largest absolute Gasteiger partial charge is 0.466 e. The van der Waals surface area contributed by atoms with E-state index in [1.54, 1.807) is 13.8 Å². The fourth-order valence-corrected chi connectivity index (χ4v) is 3.03. The first-order valence-corrected chi connectivity index (χ1v) is 11.0. The Balaban J connectivity index is 2.03. The van der Waals surface area contributed by atoms with Gasteiger partial charge in [-0.15, -0.1) is 0 Å². The number of non-ortho nitro benzene ring substituents is 1. The first kappa shape index (κ1) is 28.0. The van der Waals surface area contributed by atoms with Gasteiger partial charge in [0.05, 0.1) is 35.0 Å². The lowest BCUT2D eigenvalue weighted by Crippen LogP contribution is -2.42. The minimum absolute atomic E-state index is 0.0565. The number of carbonyl (C=O) groups excluding carboxylic acids is 4. The van der Waals surface area contributed by atoms with Crippen LogP contribution >= 0.6 is 11.6 Å². The van der Waals surface area contributed by atoms with Crippen molar-refractivity contribution < 1.29 is 38.3 Å². The van der Waals surface area contributed by atoms with Crippen LogP contribution in [0.2, 0.25) is 5.02 Å². The van der Waals surface area contributed by atoms with E-state index in [-0.39, 0.29) is 53.9 Å². The molecule has 1 atom stereocenters. The first-order valence-electron chi connectivity index (χ1n) is 10.7. The summed E-state index contributed by atoms with van der Waals surface area (Å²) in [5.41, 5.74) is -0.317. The molecule has 0 aliphatic carbocycles. The molecule has 14 heteroatoms. The summed E-state index contributed by atoms with van der Waals surface area (Å²) in [6, 6.07) is 4.93. The van der Waals surface area contributed by atoms with Crippen molar-refractivity contribution in [3.8, 4) is 5.75 Å². The summed E-state index contributed by atoms with van der Waals surface area (Å²) in [5.74, 6) is -2.02. The Morgan fingerprint density at radius 1 is 1.11 bits per heavy atom. The van der Waals surface area contributed by atoms with Crippen molar-refractivity contribution in [3.63, 3.8) is 0 Å². The summed E-state index contributed by atoms with van der Waals surface area (Å²) in [4.78, 5) is 62.6. The van der Waals surface area contributed by atoms with Crippen LogP contribution in [0.5, 0.6) is 5.75 Å². The maximum absolute atomic E-state index is 12.7. The average molecular weight is 523 g/mol. The van der Waals surface area contributed by atoms with Gasteiger partial charge in [-0.2, -0.15) is 0 Å². The molecule has 0 saturated carbocycles. The van der Waals surface area contributed by atoms with Crippen molar-refractivity contribution in [3.05, 3.63) is 57.4 Å². The lowest BCUT2D eigenvalue weighted by atomic mass is 10.1. The molecule has 0 saturated heterocycles. The summed E-state index contributed by atoms with van der Waals surface area (Å²) in [5, 5.41) is 15.3. The van der Waals surface area contributed by atoms with Gasteiger partial charge in [-0.05, 0) is 38.5 Å². The van der Waals surface area contributed by atoms with Crippen LogP contribution in [0, 0.1) is 10.1 Å². The van der Waals surface area contributed by atoms with Gasteiger partial charge in [0.1, 0.15) is 17.5 Å². The second kappa shape index (κ2) is 13.6. The zero-order valence-electron chi connectivity index (χ0n) is 19.3. The van der Waals surface area contributed by atoms with Crippen molar-refractivity contribution >= 4 is 46.9 Å². The van der Waals surface area contributed by atoms with Gasteiger partial charge in [0, 0.05) is 18.6 Å². The second-order valence-electron chi connectivity index (χ2n) is 6.94. The van der Waals surface area contributed by atoms with Crippen molar-refractivity contribution in [2.75, 3.05) is 18.5 Å². The average Bonchev–Trinajstić information content (AvgIpc) is 2.82. The minimum Gasteiger partial charge on any atom is -0.466 e. The van der Waals surface area contributed by atoms with Gasteiger partial charge in [-0.3, -0.25) is 25.0 Å². The van der Waals surface area contributed by atoms with Gasteiger partial charge in [0.15, 0.2) is 0 Å². The number of rotatable bonds is 11. The summed E-state index contributed by atoms with van der Waals surface area (Å²) < 4.78 is 14.8. The fraction of sp³-hybridized carbons (Fsp3) is 0.318. The number of pyridine rings is 1. The SMILES string of the molecule is CCOC(=O)CC[C@H](NC(=O)c1ncc(NC(=O)Oc2ccc([N+](=O)[O-])cc2)cc1Cl)C(=O)OCC. The molecule has 192 valence electrons. The molecule has 1 heterocycles. The van der Waals surface area contributed by atoms with Crippen molar-refractivity contribution in [2.24, 2.45) is 0 Å². The maximum atomic E-state index is 12.7. The molecule has 2 N–H and O–H groups in total. The Bertz CT molecular complexity index is 1130. The van der Waals surface area contributed by atoms with E-state index < -0.39 is 34.9 Å². The smallest absolute Gasteiger partial charge is 0.417 e. The summed E-state index contributed by atoms with van der Waals surface area (Å²) in [7, 11) is 0. The molecular weight excluding hydrogens is 500 g/mol. The van der Waals surface area contributed by atoms with Crippen LogP contribution in [0.25, 0.3) is 0 Å². The quantitative estimate of drug-likeness (QED) is 0.253. The Morgan fingerprint density at radius 2 is 1.78 bits per heavy atom. The van der Waals surface area contributed by atoms with Crippen molar-refractivity contribution in [2.45, 2.75) is 32.7 Å². The van der Waals surface area contributed by atoms with Gasteiger partial charge < -0.3 is 19.5 Å². The number of hydrogen-bond donors (Lipinski definition) is 2. The molecule has 0 unspecified atom stereocenters. The number of nitrogens with zero attached hydrogens (tertiary/aromatic N) is 2.